The number of amides is 1. The van der Waals surface area contributed by atoms with E-state index < -0.39 is 33.6 Å². The van der Waals surface area contributed by atoms with E-state index in [1.807, 2.05) is 0 Å². The fourth-order valence-corrected chi connectivity index (χ4v) is 3.78. The molecule has 142 valence electrons. The Morgan fingerprint density at radius 3 is 2.62 bits per heavy atom. The minimum absolute atomic E-state index is 0.00321. The smallest absolute Gasteiger partial charge is 0.504 e. The summed E-state index contributed by atoms with van der Waals surface area (Å²) in [7, 11) is -3.53. The van der Waals surface area contributed by atoms with Crippen molar-refractivity contribution in [3.8, 4) is 11.5 Å². The lowest BCUT2D eigenvalue weighted by atomic mass is 10.1. The molecule has 1 amide bonds. The van der Waals surface area contributed by atoms with Crippen LogP contribution in [0.25, 0.3) is 0 Å². The molecule has 0 spiro atoms. The van der Waals surface area contributed by atoms with Gasteiger partial charge < -0.3 is 9.84 Å². The molecule has 7 nitrogen and oxygen atoms in total. The molecule has 2 rings (SSSR count). The number of thiazole rings is 1. The van der Waals surface area contributed by atoms with E-state index in [-0.39, 0.29) is 27.0 Å². The predicted octanol–water partition coefficient (Wildman–Crippen LogP) is 3.10. The highest BCUT2D eigenvalue weighted by Crippen LogP contribution is 2.35. The molecular weight excluding hydrogens is 397 g/mol. The predicted molar refractivity (Wildman–Crippen MR) is 87.3 cm³/mol. The highest BCUT2D eigenvalue weighted by molar-refractivity contribution is 7.91. The number of hydrogen-bond acceptors (Lipinski definition) is 7. The summed E-state index contributed by atoms with van der Waals surface area (Å²) in [6.45, 7) is 2.69. The Morgan fingerprint density at radius 2 is 2.04 bits per heavy atom. The third-order valence-corrected chi connectivity index (χ3v) is 5.78. The number of phenols is 1. The molecule has 0 radical (unpaired) electrons. The largest absolute Gasteiger partial charge is 0.573 e. The molecule has 2 aromatic rings. The normalized spacial score (nSPS) is 12.0. The zero-order valence-corrected chi connectivity index (χ0v) is 15.0. The Morgan fingerprint density at radius 1 is 1.38 bits per heavy atom. The summed E-state index contributed by atoms with van der Waals surface area (Å²) in [5.41, 5.74) is -0.255. The van der Waals surface area contributed by atoms with Crippen LogP contribution in [-0.2, 0) is 9.84 Å². The maximum absolute atomic E-state index is 12.3. The Hall–Kier alpha value is -2.34. The molecule has 26 heavy (non-hydrogen) atoms. The van der Waals surface area contributed by atoms with Gasteiger partial charge in [0, 0.05) is 16.5 Å². The van der Waals surface area contributed by atoms with E-state index in [1.54, 1.807) is 0 Å². The van der Waals surface area contributed by atoms with Crippen molar-refractivity contribution in [2.75, 3.05) is 11.1 Å². The molecule has 12 heteroatoms. The van der Waals surface area contributed by atoms with Crippen LogP contribution in [0.1, 0.15) is 22.8 Å². The fourth-order valence-electron chi connectivity index (χ4n) is 1.90. The fraction of sp³-hybridized carbons (Fsp3) is 0.286. The first-order valence-corrected chi connectivity index (χ1v) is 9.55. The number of carbonyl (C=O) groups excluding carboxylic acids is 1. The number of aromatic hydroxyl groups is 1. The van der Waals surface area contributed by atoms with Crippen molar-refractivity contribution in [2.45, 2.75) is 25.2 Å². The lowest BCUT2D eigenvalue weighted by Gasteiger charge is -2.13. The van der Waals surface area contributed by atoms with Crippen molar-refractivity contribution < 1.29 is 36.2 Å². The number of anilines is 1. The van der Waals surface area contributed by atoms with Crippen LogP contribution in [-0.4, -0.2) is 36.5 Å². The number of phenolic OH excluding ortho intramolecular Hbond substituents is 1. The average molecular weight is 410 g/mol. The number of hydrogen-bond donors (Lipinski definition) is 2. The van der Waals surface area contributed by atoms with E-state index in [2.05, 4.69) is 15.0 Å². The van der Waals surface area contributed by atoms with Gasteiger partial charge in [0.15, 0.2) is 31.5 Å². The van der Waals surface area contributed by atoms with Crippen molar-refractivity contribution >= 4 is 32.2 Å². The van der Waals surface area contributed by atoms with Crippen molar-refractivity contribution in [1.29, 1.82) is 0 Å². The second kappa shape index (κ2) is 7.11. The number of ether oxygens (including phenoxy) is 1. The standard InChI is InChI=1S/C14H13F3N2O5S2/c1-3-26(22,23)10-6-25-13(18-10)19-12(21)8-4-5-9(11(20)7(8)2)24-14(15,16)17/h4-6,20H,3H2,1-2H3,(H,18,19,21). The van der Waals surface area contributed by atoms with Gasteiger partial charge in [0.25, 0.3) is 5.91 Å². The molecule has 1 aromatic heterocycles. The number of rotatable bonds is 5. The number of benzene rings is 1. The van der Waals surface area contributed by atoms with E-state index in [4.69, 9.17) is 0 Å². The molecular formula is C14H13F3N2O5S2. The number of aromatic nitrogens is 1. The van der Waals surface area contributed by atoms with Gasteiger partial charge in [-0.2, -0.15) is 0 Å². The summed E-state index contributed by atoms with van der Waals surface area (Å²) in [5, 5.41) is 13.2. The van der Waals surface area contributed by atoms with Crippen LogP contribution < -0.4 is 10.1 Å². The van der Waals surface area contributed by atoms with Crippen molar-refractivity contribution in [1.82, 2.24) is 4.98 Å². The molecule has 1 aromatic carbocycles. The van der Waals surface area contributed by atoms with Crippen LogP contribution in [0.2, 0.25) is 0 Å². The third kappa shape index (κ3) is 4.43. The first kappa shape index (κ1) is 20.0. The number of nitrogens with one attached hydrogen (secondary N) is 1. The van der Waals surface area contributed by atoms with E-state index in [0.717, 1.165) is 23.5 Å². The van der Waals surface area contributed by atoms with Gasteiger partial charge in [-0.3, -0.25) is 10.1 Å². The molecule has 0 saturated heterocycles. The lowest BCUT2D eigenvalue weighted by molar-refractivity contribution is -0.275. The average Bonchev–Trinajstić information content (AvgIpc) is 3.00. The second-order valence-electron chi connectivity index (χ2n) is 4.98. The number of halogens is 3. The number of alkyl halides is 3. The van der Waals surface area contributed by atoms with E-state index in [9.17, 15) is 31.5 Å². The van der Waals surface area contributed by atoms with E-state index in [1.165, 1.54) is 19.2 Å². The summed E-state index contributed by atoms with van der Waals surface area (Å²) < 4.78 is 63.9. The van der Waals surface area contributed by atoms with Crippen LogP contribution in [0.3, 0.4) is 0 Å². The third-order valence-electron chi connectivity index (χ3n) is 3.27. The van der Waals surface area contributed by atoms with Crippen molar-refractivity contribution in [3.63, 3.8) is 0 Å². The van der Waals surface area contributed by atoms with Gasteiger partial charge >= 0.3 is 6.36 Å². The molecule has 0 aliphatic carbocycles. The molecule has 0 saturated carbocycles. The molecule has 1 heterocycles. The molecule has 0 atom stereocenters. The monoisotopic (exact) mass is 410 g/mol. The summed E-state index contributed by atoms with van der Waals surface area (Å²) in [6.07, 6.45) is -4.99. The topological polar surface area (TPSA) is 106 Å². The van der Waals surface area contributed by atoms with Gasteiger partial charge in [0.2, 0.25) is 0 Å². The molecule has 0 fully saturated rings. The van der Waals surface area contributed by atoms with E-state index >= 15 is 0 Å². The maximum Gasteiger partial charge on any atom is 0.573 e. The van der Waals surface area contributed by atoms with Gasteiger partial charge in [-0.05, 0) is 19.1 Å². The molecule has 2 N–H and O–H groups in total. The summed E-state index contributed by atoms with van der Waals surface area (Å²) in [5.74, 6) is -2.59. The molecule has 0 aliphatic heterocycles. The van der Waals surface area contributed by atoms with Gasteiger partial charge in [-0.1, -0.05) is 6.92 Å². The Balaban J connectivity index is 2.24. The Labute approximate surface area is 150 Å². The SMILES string of the molecule is CCS(=O)(=O)c1csc(NC(=O)c2ccc(OC(F)(F)F)c(O)c2C)n1. The molecule has 0 bridgehead atoms. The zero-order chi connectivity index (χ0) is 19.7. The lowest BCUT2D eigenvalue weighted by Crippen LogP contribution is -2.18. The Kier molecular flexibility index (Phi) is 5.47. The van der Waals surface area contributed by atoms with Crippen LogP contribution in [0.5, 0.6) is 11.5 Å². The second-order valence-corrected chi connectivity index (χ2v) is 8.06. The van der Waals surface area contributed by atoms with Gasteiger partial charge in [0.1, 0.15) is 0 Å². The van der Waals surface area contributed by atoms with Gasteiger partial charge in [0.05, 0.1) is 5.75 Å². The van der Waals surface area contributed by atoms with Crippen LogP contribution in [0, 0.1) is 6.92 Å². The highest BCUT2D eigenvalue weighted by atomic mass is 32.2. The van der Waals surface area contributed by atoms with E-state index in [0.29, 0.717) is 0 Å². The zero-order valence-electron chi connectivity index (χ0n) is 13.4. The van der Waals surface area contributed by atoms with Crippen LogP contribution in [0.15, 0.2) is 22.5 Å². The number of carbonyl (C=O) groups is 1. The first-order chi connectivity index (χ1) is 11.9. The summed E-state index contributed by atoms with van der Waals surface area (Å²) in [6, 6.07) is 1.85. The highest BCUT2D eigenvalue weighted by Gasteiger charge is 2.33. The summed E-state index contributed by atoms with van der Waals surface area (Å²) in [4.78, 5) is 16.0. The van der Waals surface area contributed by atoms with Crippen molar-refractivity contribution in [2.24, 2.45) is 0 Å². The van der Waals surface area contributed by atoms with Gasteiger partial charge in [-0.25, -0.2) is 13.4 Å². The minimum Gasteiger partial charge on any atom is -0.504 e. The van der Waals surface area contributed by atoms with Crippen LogP contribution in [0.4, 0.5) is 18.3 Å². The minimum atomic E-state index is -4.99. The van der Waals surface area contributed by atoms with Crippen LogP contribution >= 0.6 is 11.3 Å². The van der Waals surface area contributed by atoms with Gasteiger partial charge in [-0.15, -0.1) is 24.5 Å². The molecule has 0 unspecified atom stereocenters. The number of nitrogens with zero attached hydrogens (tertiary/aromatic N) is 1. The number of sulfone groups is 1. The maximum atomic E-state index is 12.3. The Bertz CT molecular complexity index is 939. The quantitative estimate of drug-likeness (QED) is 0.785. The first-order valence-electron chi connectivity index (χ1n) is 7.02. The molecule has 0 aliphatic rings. The van der Waals surface area contributed by atoms with Crippen molar-refractivity contribution in [3.05, 3.63) is 28.6 Å². The summed E-state index contributed by atoms with van der Waals surface area (Å²) >= 11 is 0.878.